The van der Waals surface area contributed by atoms with Gasteiger partial charge in [-0.2, -0.15) is 0 Å². The molecule has 2 nitrogen and oxygen atoms in total. The van der Waals surface area contributed by atoms with Gasteiger partial charge >= 0.3 is 0 Å². The van der Waals surface area contributed by atoms with Crippen LogP contribution in [0.15, 0.2) is 18.2 Å². The number of hydrogen-bond acceptors (Lipinski definition) is 1. The van der Waals surface area contributed by atoms with Crippen molar-refractivity contribution in [2.45, 2.75) is 56.9 Å². The summed E-state index contributed by atoms with van der Waals surface area (Å²) in [4.78, 5) is 4.67. The van der Waals surface area contributed by atoms with Crippen molar-refractivity contribution in [3.63, 3.8) is 0 Å². The van der Waals surface area contributed by atoms with Crippen molar-refractivity contribution in [3.8, 4) is 0 Å². The average molecular weight is 311 g/mol. The maximum absolute atomic E-state index is 6.42. The molecule has 0 amide bonds. The zero-order valence-electron chi connectivity index (χ0n) is 11.6. The average Bonchev–Trinajstić information content (AvgIpc) is 2.78. The molecule has 1 saturated carbocycles. The molecule has 0 unspecified atom stereocenters. The molecule has 4 heteroatoms. The van der Waals surface area contributed by atoms with E-state index in [1.807, 2.05) is 18.2 Å². The van der Waals surface area contributed by atoms with E-state index in [0.717, 1.165) is 21.9 Å². The van der Waals surface area contributed by atoms with E-state index in [4.69, 9.17) is 23.2 Å². The minimum atomic E-state index is 0.446. The molecule has 0 radical (unpaired) electrons. The Labute approximate surface area is 130 Å². The van der Waals surface area contributed by atoms with E-state index in [1.54, 1.807) is 0 Å². The monoisotopic (exact) mass is 310 g/mol. The van der Waals surface area contributed by atoms with E-state index >= 15 is 0 Å². The van der Waals surface area contributed by atoms with Crippen molar-refractivity contribution in [1.82, 2.24) is 9.55 Å². The van der Waals surface area contributed by atoms with Gasteiger partial charge in [0.05, 0.1) is 21.9 Å². The molecular weight excluding hydrogens is 291 g/mol. The summed E-state index contributed by atoms with van der Waals surface area (Å²) in [6, 6.07) is 6.42. The predicted molar refractivity (Wildman–Crippen MR) is 85.7 cm³/mol. The van der Waals surface area contributed by atoms with E-state index in [9.17, 15) is 0 Å². The third-order valence-electron chi connectivity index (χ3n) is 4.29. The molecule has 0 aliphatic heterocycles. The van der Waals surface area contributed by atoms with Crippen molar-refractivity contribution < 1.29 is 0 Å². The highest BCUT2D eigenvalue weighted by Gasteiger charge is 2.21. The fourth-order valence-electron chi connectivity index (χ4n) is 3.33. The van der Waals surface area contributed by atoms with Gasteiger partial charge in [-0.3, -0.25) is 0 Å². The largest absolute Gasteiger partial charge is 0.323 e. The summed E-state index contributed by atoms with van der Waals surface area (Å²) in [5, 5.41) is 0.786. The second-order valence-corrected chi connectivity index (χ2v) is 6.31. The number of benzene rings is 1. The van der Waals surface area contributed by atoms with Crippen LogP contribution in [0.3, 0.4) is 0 Å². The SMILES string of the molecule is ClCc1nc2cccc(Cl)c2n1C1CCCCCCC1. The molecule has 0 saturated heterocycles. The third kappa shape index (κ3) is 2.68. The first-order valence-corrected chi connectivity index (χ1v) is 8.44. The Morgan fingerprint density at radius 2 is 1.80 bits per heavy atom. The number of fused-ring (bicyclic) bond motifs is 1. The molecule has 0 atom stereocenters. The Morgan fingerprint density at radius 3 is 2.50 bits per heavy atom. The lowest BCUT2D eigenvalue weighted by atomic mass is 9.96. The molecule has 1 aliphatic carbocycles. The first-order chi connectivity index (χ1) is 9.81. The molecule has 0 bridgehead atoms. The molecule has 2 aromatic rings. The van der Waals surface area contributed by atoms with Crippen molar-refractivity contribution in [2.75, 3.05) is 0 Å². The molecule has 20 heavy (non-hydrogen) atoms. The van der Waals surface area contributed by atoms with Gasteiger partial charge in [0, 0.05) is 6.04 Å². The van der Waals surface area contributed by atoms with Crippen LogP contribution in [-0.2, 0) is 5.88 Å². The number of hydrogen-bond donors (Lipinski definition) is 0. The minimum Gasteiger partial charge on any atom is -0.323 e. The van der Waals surface area contributed by atoms with E-state index < -0.39 is 0 Å². The smallest absolute Gasteiger partial charge is 0.125 e. The Kier molecular flexibility index (Phi) is 4.52. The minimum absolute atomic E-state index is 0.446. The molecule has 1 aromatic carbocycles. The number of aromatic nitrogens is 2. The summed E-state index contributed by atoms with van der Waals surface area (Å²) in [6.07, 6.45) is 9.05. The van der Waals surface area contributed by atoms with Gasteiger partial charge in [0.25, 0.3) is 0 Å². The van der Waals surface area contributed by atoms with E-state index in [-0.39, 0.29) is 0 Å². The maximum atomic E-state index is 6.42. The van der Waals surface area contributed by atoms with Gasteiger partial charge in [-0.25, -0.2) is 4.98 Å². The number of rotatable bonds is 2. The number of alkyl halides is 1. The van der Waals surface area contributed by atoms with Gasteiger partial charge in [0.2, 0.25) is 0 Å². The fourth-order valence-corrected chi connectivity index (χ4v) is 3.78. The number of imidazole rings is 1. The Balaban J connectivity index is 2.07. The van der Waals surface area contributed by atoms with Crippen LogP contribution in [0.1, 0.15) is 56.8 Å². The van der Waals surface area contributed by atoms with Crippen LogP contribution >= 0.6 is 23.2 Å². The van der Waals surface area contributed by atoms with Crippen LogP contribution in [-0.4, -0.2) is 9.55 Å². The van der Waals surface area contributed by atoms with Crippen molar-refractivity contribution in [2.24, 2.45) is 0 Å². The summed E-state index contributed by atoms with van der Waals surface area (Å²) in [5.74, 6) is 1.40. The molecular formula is C16H20Cl2N2. The summed E-state index contributed by atoms with van der Waals surface area (Å²) in [6.45, 7) is 0. The molecule has 1 aromatic heterocycles. The van der Waals surface area contributed by atoms with Crippen molar-refractivity contribution >= 4 is 34.2 Å². The highest BCUT2D eigenvalue weighted by Crippen LogP contribution is 2.34. The van der Waals surface area contributed by atoms with E-state index in [2.05, 4.69) is 9.55 Å². The van der Waals surface area contributed by atoms with Crippen LogP contribution in [0.25, 0.3) is 11.0 Å². The Bertz CT molecular complexity index is 583. The van der Waals surface area contributed by atoms with Gasteiger partial charge in [-0.05, 0) is 25.0 Å². The zero-order chi connectivity index (χ0) is 13.9. The quantitative estimate of drug-likeness (QED) is 0.649. The van der Waals surface area contributed by atoms with E-state index in [0.29, 0.717) is 11.9 Å². The summed E-state index contributed by atoms with van der Waals surface area (Å²) >= 11 is 12.5. The molecule has 1 aliphatic rings. The Hall–Kier alpha value is -0.730. The summed E-state index contributed by atoms with van der Waals surface area (Å²) in [5.41, 5.74) is 2.03. The van der Waals surface area contributed by atoms with Crippen LogP contribution in [0.4, 0.5) is 0 Å². The van der Waals surface area contributed by atoms with Crippen LogP contribution < -0.4 is 0 Å². The van der Waals surface area contributed by atoms with Gasteiger partial charge in [0.1, 0.15) is 5.82 Å². The van der Waals surface area contributed by atoms with E-state index in [1.165, 1.54) is 44.9 Å². The predicted octanol–water partition coefficient (Wildman–Crippen LogP) is 5.71. The van der Waals surface area contributed by atoms with Crippen LogP contribution in [0, 0.1) is 0 Å². The van der Waals surface area contributed by atoms with Gasteiger partial charge in [0.15, 0.2) is 0 Å². The summed E-state index contributed by atoms with van der Waals surface area (Å²) in [7, 11) is 0. The lowest BCUT2D eigenvalue weighted by molar-refractivity contribution is 0.373. The number of para-hydroxylation sites is 1. The third-order valence-corrected chi connectivity index (χ3v) is 4.84. The second kappa shape index (κ2) is 6.36. The van der Waals surface area contributed by atoms with Crippen molar-refractivity contribution in [3.05, 3.63) is 29.0 Å². The molecule has 0 N–H and O–H groups in total. The van der Waals surface area contributed by atoms with Crippen LogP contribution in [0.2, 0.25) is 5.02 Å². The normalized spacial score (nSPS) is 18.1. The molecule has 1 fully saturated rings. The molecule has 1 heterocycles. The van der Waals surface area contributed by atoms with Crippen LogP contribution in [0.5, 0.6) is 0 Å². The zero-order valence-corrected chi connectivity index (χ0v) is 13.1. The molecule has 108 valence electrons. The standard InChI is InChI=1S/C16H20Cl2N2/c17-11-15-19-14-10-6-9-13(18)16(14)20(15)12-7-4-2-1-3-5-8-12/h6,9-10,12H,1-5,7-8,11H2. The highest BCUT2D eigenvalue weighted by molar-refractivity contribution is 6.35. The highest BCUT2D eigenvalue weighted by atomic mass is 35.5. The fraction of sp³-hybridized carbons (Fsp3) is 0.562. The van der Waals surface area contributed by atoms with Gasteiger partial charge < -0.3 is 4.57 Å². The first-order valence-electron chi connectivity index (χ1n) is 7.52. The first kappa shape index (κ1) is 14.2. The lowest BCUT2D eigenvalue weighted by Crippen LogP contribution is -2.13. The lowest BCUT2D eigenvalue weighted by Gasteiger charge is -2.23. The van der Waals surface area contributed by atoms with Crippen molar-refractivity contribution in [1.29, 1.82) is 0 Å². The number of halogens is 2. The number of nitrogens with zero attached hydrogens (tertiary/aromatic N) is 2. The molecule has 3 rings (SSSR count). The van der Waals surface area contributed by atoms with Gasteiger partial charge in [-0.15, -0.1) is 11.6 Å². The van der Waals surface area contributed by atoms with Gasteiger partial charge in [-0.1, -0.05) is 49.8 Å². The second-order valence-electron chi connectivity index (χ2n) is 5.64. The maximum Gasteiger partial charge on any atom is 0.125 e. The topological polar surface area (TPSA) is 17.8 Å². The Morgan fingerprint density at radius 1 is 1.10 bits per heavy atom. The molecule has 0 spiro atoms. The summed E-state index contributed by atoms with van der Waals surface area (Å²) < 4.78 is 2.32.